The molecule has 1 saturated heterocycles. The minimum atomic E-state index is -0.405. The van der Waals surface area contributed by atoms with E-state index in [0.29, 0.717) is 23.6 Å². The predicted octanol–water partition coefficient (Wildman–Crippen LogP) is 1.80. The van der Waals surface area contributed by atoms with Crippen molar-refractivity contribution in [1.29, 1.82) is 0 Å². The third-order valence-corrected chi connectivity index (χ3v) is 3.44. The standard InChI is InChI=1S/C15H20N2O3/c1-20-15(19)12-5-2-6-13(9-12)17-14(18)8-11-4-3-7-16-10-11/h2,5-6,9,11,16H,3-4,7-8,10H2,1H3,(H,17,18). The molecule has 1 heterocycles. The normalized spacial score (nSPS) is 18.4. The molecule has 1 unspecified atom stereocenters. The fraction of sp³-hybridized carbons (Fsp3) is 0.467. The van der Waals surface area contributed by atoms with Crippen LogP contribution >= 0.6 is 0 Å². The second-order valence-corrected chi connectivity index (χ2v) is 5.04. The second kappa shape index (κ2) is 7.05. The fourth-order valence-electron chi connectivity index (χ4n) is 2.41. The number of ether oxygens (including phenoxy) is 1. The lowest BCUT2D eigenvalue weighted by Crippen LogP contribution is -2.32. The molecule has 108 valence electrons. The van der Waals surface area contributed by atoms with Gasteiger partial charge in [0, 0.05) is 12.1 Å². The molecule has 5 nitrogen and oxygen atoms in total. The van der Waals surface area contributed by atoms with E-state index in [9.17, 15) is 9.59 Å². The molecule has 0 saturated carbocycles. The smallest absolute Gasteiger partial charge is 0.337 e. The van der Waals surface area contributed by atoms with Crippen molar-refractivity contribution >= 4 is 17.6 Å². The van der Waals surface area contributed by atoms with Crippen molar-refractivity contribution in [3.63, 3.8) is 0 Å². The second-order valence-electron chi connectivity index (χ2n) is 5.04. The topological polar surface area (TPSA) is 67.4 Å². The van der Waals surface area contributed by atoms with E-state index in [2.05, 4.69) is 15.4 Å². The van der Waals surface area contributed by atoms with Gasteiger partial charge in [-0.25, -0.2) is 4.79 Å². The van der Waals surface area contributed by atoms with Crippen molar-refractivity contribution < 1.29 is 14.3 Å². The number of carbonyl (C=O) groups excluding carboxylic acids is 2. The fourth-order valence-corrected chi connectivity index (χ4v) is 2.41. The molecule has 0 radical (unpaired) electrons. The van der Waals surface area contributed by atoms with Gasteiger partial charge < -0.3 is 15.4 Å². The first-order chi connectivity index (χ1) is 9.69. The van der Waals surface area contributed by atoms with Gasteiger partial charge in [0.25, 0.3) is 0 Å². The Morgan fingerprint density at radius 2 is 2.30 bits per heavy atom. The highest BCUT2D eigenvalue weighted by Crippen LogP contribution is 2.16. The summed E-state index contributed by atoms with van der Waals surface area (Å²) < 4.78 is 4.66. The Morgan fingerprint density at radius 3 is 3.00 bits per heavy atom. The van der Waals surface area contributed by atoms with Gasteiger partial charge in [-0.1, -0.05) is 6.07 Å². The van der Waals surface area contributed by atoms with Crippen molar-refractivity contribution in [3.8, 4) is 0 Å². The molecule has 1 aliphatic heterocycles. The van der Waals surface area contributed by atoms with Crippen molar-refractivity contribution in [3.05, 3.63) is 29.8 Å². The Balaban J connectivity index is 1.91. The van der Waals surface area contributed by atoms with Crippen LogP contribution in [-0.2, 0) is 9.53 Å². The Kier molecular flexibility index (Phi) is 5.12. The number of hydrogen-bond donors (Lipinski definition) is 2. The maximum Gasteiger partial charge on any atom is 0.337 e. The summed E-state index contributed by atoms with van der Waals surface area (Å²) in [6, 6.07) is 6.78. The van der Waals surface area contributed by atoms with E-state index in [0.717, 1.165) is 25.9 Å². The number of esters is 1. The molecule has 2 rings (SSSR count). The van der Waals surface area contributed by atoms with Crippen LogP contribution in [0, 0.1) is 5.92 Å². The zero-order valence-electron chi connectivity index (χ0n) is 11.6. The molecule has 1 atom stereocenters. The van der Waals surface area contributed by atoms with Crippen LogP contribution in [0.15, 0.2) is 24.3 Å². The summed E-state index contributed by atoms with van der Waals surface area (Å²) in [4.78, 5) is 23.4. The van der Waals surface area contributed by atoms with Crippen LogP contribution in [0.25, 0.3) is 0 Å². The largest absolute Gasteiger partial charge is 0.465 e. The van der Waals surface area contributed by atoms with E-state index >= 15 is 0 Å². The molecular formula is C15H20N2O3. The number of benzene rings is 1. The van der Waals surface area contributed by atoms with Crippen LogP contribution < -0.4 is 10.6 Å². The predicted molar refractivity (Wildman–Crippen MR) is 76.6 cm³/mol. The molecule has 1 aromatic rings. The van der Waals surface area contributed by atoms with Gasteiger partial charge in [-0.05, 0) is 50.0 Å². The van der Waals surface area contributed by atoms with Gasteiger partial charge in [0.1, 0.15) is 0 Å². The average Bonchev–Trinajstić information content (AvgIpc) is 2.47. The third-order valence-electron chi connectivity index (χ3n) is 3.44. The number of piperidine rings is 1. The zero-order valence-corrected chi connectivity index (χ0v) is 11.6. The average molecular weight is 276 g/mol. The van der Waals surface area contributed by atoms with Crippen molar-refractivity contribution in [1.82, 2.24) is 5.32 Å². The Morgan fingerprint density at radius 1 is 1.45 bits per heavy atom. The maximum absolute atomic E-state index is 12.0. The summed E-state index contributed by atoms with van der Waals surface area (Å²) in [5.74, 6) is -0.0224. The Hall–Kier alpha value is -1.88. The molecular weight excluding hydrogens is 256 g/mol. The minimum Gasteiger partial charge on any atom is -0.465 e. The van der Waals surface area contributed by atoms with E-state index in [1.165, 1.54) is 7.11 Å². The quantitative estimate of drug-likeness (QED) is 0.823. The van der Waals surface area contributed by atoms with Gasteiger partial charge >= 0.3 is 5.97 Å². The van der Waals surface area contributed by atoms with Gasteiger partial charge in [-0.3, -0.25) is 4.79 Å². The number of nitrogens with one attached hydrogen (secondary N) is 2. The number of hydrogen-bond acceptors (Lipinski definition) is 4. The molecule has 1 aliphatic rings. The van der Waals surface area contributed by atoms with Crippen LogP contribution in [0.3, 0.4) is 0 Å². The molecule has 20 heavy (non-hydrogen) atoms. The van der Waals surface area contributed by atoms with Crippen LogP contribution in [0.2, 0.25) is 0 Å². The van der Waals surface area contributed by atoms with Crippen molar-refractivity contribution in [2.45, 2.75) is 19.3 Å². The molecule has 0 bridgehead atoms. The van der Waals surface area contributed by atoms with E-state index in [4.69, 9.17) is 0 Å². The molecule has 1 fully saturated rings. The number of anilines is 1. The molecule has 0 aromatic heterocycles. The molecule has 5 heteroatoms. The summed E-state index contributed by atoms with van der Waals surface area (Å²) in [7, 11) is 1.34. The molecule has 0 spiro atoms. The van der Waals surface area contributed by atoms with Gasteiger partial charge in [0.15, 0.2) is 0 Å². The highest BCUT2D eigenvalue weighted by molar-refractivity contribution is 5.94. The number of carbonyl (C=O) groups is 2. The lowest BCUT2D eigenvalue weighted by molar-refractivity contribution is -0.117. The van der Waals surface area contributed by atoms with Gasteiger partial charge in [-0.2, -0.15) is 0 Å². The lowest BCUT2D eigenvalue weighted by atomic mass is 9.96. The first-order valence-electron chi connectivity index (χ1n) is 6.88. The number of methoxy groups -OCH3 is 1. The SMILES string of the molecule is COC(=O)c1cccc(NC(=O)CC2CCCNC2)c1. The van der Waals surface area contributed by atoms with Crippen molar-refractivity contribution in [2.75, 3.05) is 25.5 Å². The van der Waals surface area contributed by atoms with Crippen LogP contribution in [0.5, 0.6) is 0 Å². The lowest BCUT2D eigenvalue weighted by Gasteiger charge is -2.22. The third kappa shape index (κ3) is 4.06. The highest BCUT2D eigenvalue weighted by atomic mass is 16.5. The monoisotopic (exact) mass is 276 g/mol. The first kappa shape index (κ1) is 14.5. The summed E-state index contributed by atoms with van der Waals surface area (Å²) in [5, 5.41) is 6.13. The van der Waals surface area contributed by atoms with Gasteiger partial charge in [0.05, 0.1) is 12.7 Å². The summed E-state index contributed by atoms with van der Waals surface area (Å²) in [6.07, 6.45) is 2.72. The van der Waals surface area contributed by atoms with E-state index in [1.54, 1.807) is 24.3 Å². The van der Waals surface area contributed by atoms with Crippen molar-refractivity contribution in [2.24, 2.45) is 5.92 Å². The van der Waals surface area contributed by atoms with E-state index in [-0.39, 0.29) is 5.91 Å². The summed E-state index contributed by atoms with van der Waals surface area (Å²) in [5.41, 5.74) is 1.06. The summed E-state index contributed by atoms with van der Waals surface area (Å²) >= 11 is 0. The van der Waals surface area contributed by atoms with Crippen LogP contribution in [-0.4, -0.2) is 32.1 Å². The van der Waals surface area contributed by atoms with E-state index < -0.39 is 5.97 Å². The van der Waals surface area contributed by atoms with Gasteiger partial charge in [0.2, 0.25) is 5.91 Å². The van der Waals surface area contributed by atoms with Crippen LogP contribution in [0.1, 0.15) is 29.6 Å². The maximum atomic E-state index is 12.0. The molecule has 1 amide bonds. The molecule has 0 aliphatic carbocycles. The van der Waals surface area contributed by atoms with Crippen LogP contribution in [0.4, 0.5) is 5.69 Å². The minimum absolute atomic E-state index is 0.0132. The van der Waals surface area contributed by atoms with E-state index in [1.807, 2.05) is 0 Å². The molecule has 1 aromatic carbocycles. The molecule has 2 N–H and O–H groups in total. The number of amides is 1. The number of rotatable bonds is 4. The zero-order chi connectivity index (χ0) is 14.4. The Labute approximate surface area is 118 Å². The first-order valence-corrected chi connectivity index (χ1v) is 6.88. The van der Waals surface area contributed by atoms with Gasteiger partial charge in [-0.15, -0.1) is 0 Å². The summed E-state index contributed by atoms with van der Waals surface area (Å²) in [6.45, 7) is 1.94. The highest BCUT2D eigenvalue weighted by Gasteiger charge is 2.17. The Bertz CT molecular complexity index is 482.